The van der Waals surface area contributed by atoms with E-state index in [-0.39, 0.29) is 11.5 Å². The molecule has 0 spiro atoms. The Morgan fingerprint density at radius 2 is 2.19 bits per heavy atom. The van der Waals surface area contributed by atoms with E-state index in [9.17, 15) is 9.59 Å². The van der Waals surface area contributed by atoms with E-state index in [1.807, 2.05) is 14.0 Å². The summed E-state index contributed by atoms with van der Waals surface area (Å²) >= 11 is 1.14. The molecular formula is C13H16N4O3S. The molecule has 0 atom stereocenters. The van der Waals surface area contributed by atoms with Gasteiger partial charge in [0.25, 0.3) is 0 Å². The molecule has 0 aliphatic heterocycles. The number of hydrogen-bond acceptors (Lipinski definition) is 7. The van der Waals surface area contributed by atoms with Gasteiger partial charge < -0.3 is 10.1 Å². The van der Waals surface area contributed by atoms with Crippen LogP contribution in [0.25, 0.3) is 0 Å². The van der Waals surface area contributed by atoms with Crippen molar-refractivity contribution < 1.29 is 14.3 Å². The minimum absolute atomic E-state index is 0.0559. The molecule has 2 aromatic rings. The average molecular weight is 308 g/mol. The van der Waals surface area contributed by atoms with E-state index in [0.29, 0.717) is 16.6 Å². The lowest BCUT2D eigenvalue weighted by atomic mass is 10.2. The summed E-state index contributed by atoms with van der Waals surface area (Å²) in [6.07, 6.45) is 1.77. The molecule has 0 bridgehead atoms. The van der Waals surface area contributed by atoms with Gasteiger partial charge in [-0.2, -0.15) is 5.10 Å². The average Bonchev–Trinajstić information content (AvgIpc) is 3.02. The van der Waals surface area contributed by atoms with Gasteiger partial charge >= 0.3 is 5.97 Å². The smallest absolute Gasteiger partial charge is 0.358 e. The molecule has 112 valence electrons. The van der Waals surface area contributed by atoms with E-state index in [1.165, 1.54) is 14.0 Å². The number of ether oxygens (including phenoxy) is 1. The zero-order valence-corrected chi connectivity index (χ0v) is 13.1. The molecule has 0 unspecified atom stereocenters. The third-order valence-electron chi connectivity index (χ3n) is 3.09. The molecule has 21 heavy (non-hydrogen) atoms. The fraction of sp³-hybridized carbons (Fsp3) is 0.385. The maximum Gasteiger partial charge on any atom is 0.358 e. The number of esters is 1. The number of hydrogen-bond donors (Lipinski definition) is 1. The molecule has 0 aromatic carbocycles. The van der Waals surface area contributed by atoms with E-state index in [1.54, 1.807) is 10.9 Å². The van der Waals surface area contributed by atoms with Gasteiger partial charge in [0.2, 0.25) is 0 Å². The molecule has 0 aliphatic rings. The molecular weight excluding hydrogens is 292 g/mol. The first-order chi connectivity index (χ1) is 9.93. The number of aryl methyl sites for hydroxylation is 1. The lowest BCUT2D eigenvalue weighted by Crippen LogP contribution is -2.07. The normalized spacial score (nSPS) is 10.5. The van der Waals surface area contributed by atoms with Gasteiger partial charge in [0.15, 0.2) is 16.6 Å². The van der Waals surface area contributed by atoms with Gasteiger partial charge in [-0.25, -0.2) is 9.78 Å². The van der Waals surface area contributed by atoms with Gasteiger partial charge in [0.1, 0.15) is 4.88 Å². The van der Waals surface area contributed by atoms with E-state index >= 15 is 0 Å². The van der Waals surface area contributed by atoms with Crippen LogP contribution in [-0.4, -0.2) is 33.6 Å². The molecule has 8 heteroatoms. The molecule has 0 fully saturated rings. The van der Waals surface area contributed by atoms with E-state index < -0.39 is 5.97 Å². The minimum Gasteiger partial charge on any atom is -0.464 e. The Morgan fingerprint density at radius 3 is 2.71 bits per heavy atom. The first-order valence-corrected chi connectivity index (χ1v) is 7.07. The first-order valence-electron chi connectivity index (χ1n) is 6.25. The number of Topliss-reactive ketones (excluding diaryl/α,β-unsaturated/α-hetero) is 1. The number of ketones is 1. The number of nitrogens with zero attached hydrogens (tertiary/aromatic N) is 3. The number of nitrogens with one attached hydrogen (secondary N) is 1. The number of carbonyl (C=O) groups is 2. The monoisotopic (exact) mass is 308 g/mol. The molecule has 7 nitrogen and oxygen atoms in total. The molecule has 0 saturated carbocycles. The number of rotatable bonds is 5. The lowest BCUT2D eigenvalue weighted by molar-refractivity contribution is 0.0591. The minimum atomic E-state index is -0.609. The Balaban J connectivity index is 2.19. The summed E-state index contributed by atoms with van der Waals surface area (Å²) in [5.74, 6) is -0.819. The predicted octanol–water partition coefficient (Wildman–Crippen LogP) is 1.79. The second kappa shape index (κ2) is 6.04. The van der Waals surface area contributed by atoms with Crippen molar-refractivity contribution >= 4 is 28.2 Å². The van der Waals surface area contributed by atoms with Crippen LogP contribution in [0.4, 0.5) is 5.13 Å². The zero-order valence-electron chi connectivity index (χ0n) is 12.3. The van der Waals surface area contributed by atoms with Crippen molar-refractivity contribution in [3.8, 4) is 0 Å². The second-order valence-corrected chi connectivity index (χ2v) is 5.48. The van der Waals surface area contributed by atoms with Crippen LogP contribution in [0, 0.1) is 6.92 Å². The highest BCUT2D eigenvalue weighted by Gasteiger charge is 2.21. The number of anilines is 1. The first kappa shape index (κ1) is 15.2. The second-order valence-electron chi connectivity index (χ2n) is 4.48. The van der Waals surface area contributed by atoms with Crippen molar-refractivity contribution in [2.24, 2.45) is 7.05 Å². The molecule has 0 amide bonds. The molecule has 0 saturated heterocycles. The maximum absolute atomic E-state index is 11.6. The van der Waals surface area contributed by atoms with Gasteiger partial charge in [-0.3, -0.25) is 9.48 Å². The predicted molar refractivity (Wildman–Crippen MR) is 78.7 cm³/mol. The highest BCUT2D eigenvalue weighted by Crippen LogP contribution is 2.25. The zero-order chi connectivity index (χ0) is 15.6. The standard InChI is InChI=1S/C13H16N4O3S/c1-7-9(6-15-17(7)3)5-14-13-16-10(12(19)20-4)11(21-13)8(2)18/h6H,5H2,1-4H3,(H,14,16). The summed E-state index contributed by atoms with van der Waals surface area (Å²) in [6, 6.07) is 0. The summed E-state index contributed by atoms with van der Waals surface area (Å²) in [7, 11) is 3.13. The van der Waals surface area contributed by atoms with Crippen LogP contribution in [0.1, 0.15) is 38.3 Å². The molecule has 1 N–H and O–H groups in total. The Kier molecular flexibility index (Phi) is 4.37. The quantitative estimate of drug-likeness (QED) is 0.669. The van der Waals surface area contributed by atoms with Gasteiger partial charge in [-0.1, -0.05) is 11.3 Å². The van der Waals surface area contributed by atoms with Gasteiger partial charge in [0.05, 0.1) is 13.3 Å². The Hall–Kier alpha value is -2.22. The van der Waals surface area contributed by atoms with Crippen molar-refractivity contribution in [1.82, 2.24) is 14.8 Å². The number of methoxy groups -OCH3 is 1. The molecule has 2 aromatic heterocycles. The highest BCUT2D eigenvalue weighted by molar-refractivity contribution is 7.17. The summed E-state index contributed by atoms with van der Waals surface area (Å²) < 4.78 is 6.42. The topological polar surface area (TPSA) is 86.1 Å². The van der Waals surface area contributed by atoms with Crippen LogP contribution in [0.3, 0.4) is 0 Å². The van der Waals surface area contributed by atoms with Crippen LogP contribution >= 0.6 is 11.3 Å². The van der Waals surface area contributed by atoms with E-state index in [2.05, 4.69) is 20.1 Å². The SMILES string of the molecule is COC(=O)c1nc(NCc2cnn(C)c2C)sc1C(C)=O. The summed E-state index contributed by atoms with van der Waals surface area (Å²) in [6.45, 7) is 3.88. The van der Waals surface area contributed by atoms with Gasteiger partial charge in [0, 0.05) is 31.8 Å². The Bertz CT molecular complexity index is 690. The highest BCUT2D eigenvalue weighted by atomic mass is 32.1. The molecule has 0 radical (unpaired) electrons. The number of carbonyl (C=O) groups excluding carboxylic acids is 2. The summed E-state index contributed by atoms with van der Waals surface area (Å²) in [4.78, 5) is 27.6. The van der Waals surface area contributed by atoms with Gasteiger partial charge in [-0.15, -0.1) is 0 Å². The maximum atomic E-state index is 11.6. The third-order valence-corrected chi connectivity index (χ3v) is 4.21. The van der Waals surface area contributed by atoms with Crippen molar-refractivity contribution in [3.63, 3.8) is 0 Å². The third kappa shape index (κ3) is 3.10. The van der Waals surface area contributed by atoms with Crippen molar-refractivity contribution in [2.75, 3.05) is 12.4 Å². The van der Waals surface area contributed by atoms with Crippen molar-refractivity contribution in [1.29, 1.82) is 0 Å². The van der Waals surface area contributed by atoms with Crippen LogP contribution in [0.5, 0.6) is 0 Å². The molecule has 0 aliphatic carbocycles. The van der Waals surface area contributed by atoms with Crippen LogP contribution in [-0.2, 0) is 18.3 Å². The van der Waals surface area contributed by atoms with Crippen LogP contribution < -0.4 is 5.32 Å². The van der Waals surface area contributed by atoms with E-state index in [0.717, 1.165) is 22.6 Å². The number of aromatic nitrogens is 3. The van der Waals surface area contributed by atoms with Crippen LogP contribution in [0.2, 0.25) is 0 Å². The summed E-state index contributed by atoms with van der Waals surface area (Å²) in [5.41, 5.74) is 2.12. The summed E-state index contributed by atoms with van der Waals surface area (Å²) in [5, 5.41) is 7.76. The van der Waals surface area contributed by atoms with Gasteiger partial charge in [-0.05, 0) is 6.92 Å². The fourth-order valence-corrected chi connectivity index (χ4v) is 2.60. The van der Waals surface area contributed by atoms with E-state index in [4.69, 9.17) is 0 Å². The molecule has 2 rings (SSSR count). The largest absolute Gasteiger partial charge is 0.464 e. The Morgan fingerprint density at radius 1 is 1.48 bits per heavy atom. The van der Waals surface area contributed by atoms with Crippen molar-refractivity contribution in [3.05, 3.63) is 28.0 Å². The Labute approximate surface area is 125 Å². The van der Waals surface area contributed by atoms with Crippen molar-refractivity contribution in [2.45, 2.75) is 20.4 Å². The number of thiazole rings is 1. The van der Waals surface area contributed by atoms with Crippen LogP contribution in [0.15, 0.2) is 6.20 Å². The lowest BCUT2D eigenvalue weighted by Gasteiger charge is -2.01. The fourth-order valence-electron chi connectivity index (χ4n) is 1.76. The molecule has 2 heterocycles.